The monoisotopic (exact) mass is 467 g/mol. The fraction of sp³-hybridized carbons (Fsp3) is 0.905. The molecule has 9 nitrogen and oxygen atoms in total. The third-order valence-corrected chi connectivity index (χ3v) is 5.96. The molecule has 0 aliphatic carbocycles. The summed E-state index contributed by atoms with van der Waals surface area (Å²) in [5.41, 5.74) is -1.78. The smallest absolute Gasteiger partial charge is 0.311 e. The number of carbonyl (C=O) groups is 2. The van der Waals surface area contributed by atoms with Crippen LogP contribution in [0, 0.1) is 10.8 Å². The number of unbranched alkanes of at least 4 members (excludes halogenated alkanes) is 1. The van der Waals surface area contributed by atoms with Crippen LogP contribution in [0.25, 0.3) is 0 Å². The van der Waals surface area contributed by atoms with Gasteiger partial charge in [-0.15, -0.1) is 0 Å². The predicted octanol–water partition coefficient (Wildman–Crippen LogP) is 2.91. The summed E-state index contributed by atoms with van der Waals surface area (Å²) in [6.07, 6.45) is 2.48. The number of esters is 2. The number of ether oxygens (including phenoxy) is 2. The van der Waals surface area contributed by atoms with Gasteiger partial charge in [0.25, 0.3) is 7.82 Å². The van der Waals surface area contributed by atoms with Gasteiger partial charge >= 0.3 is 11.9 Å². The van der Waals surface area contributed by atoms with Crippen molar-refractivity contribution in [2.75, 3.05) is 54.1 Å². The predicted molar refractivity (Wildman–Crippen MR) is 116 cm³/mol. The van der Waals surface area contributed by atoms with Crippen molar-refractivity contribution in [2.24, 2.45) is 10.8 Å². The first-order valence-corrected chi connectivity index (χ1v) is 12.3. The summed E-state index contributed by atoms with van der Waals surface area (Å²) in [4.78, 5) is 36.8. The average molecular weight is 468 g/mol. The van der Waals surface area contributed by atoms with Crippen LogP contribution < -0.4 is 4.89 Å². The normalized spacial score (nSPS) is 16.3. The van der Waals surface area contributed by atoms with Crippen molar-refractivity contribution in [3.8, 4) is 0 Å². The maximum Gasteiger partial charge on any atom is 0.311 e. The molecule has 10 heteroatoms. The Hall–Kier alpha value is -0.990. The SMILES string of the molecule is CCCCOC(=O)C(C)(CC)CC(C)(C)C(=O)OCCOP(=O)([O-])OCC[N+](C)(C)C. The van der Waals surface area contributed by atoms with Gasteiger partial charge in [0.1, 0.15) is 19.8 Å². The second kappa shape index (κ2) is 12.9. The maximum atomic E-state index is 12.5. The van der Waals surface area contributed by atoms with E-state index in [1.165, 1.54) is 0 Å². The molecule has 0 amide bonds. The van der Waals surface area contributed by atoms with E-state index in [9.17, 15) is 19.0 Å². The van der Waals surface area contributed by atoms with Crippen molar-refractivity contribution >= 4 is 19.8 Å². The van der Waals surface area contributed by atoms with Gasteiger partial charge in [-0.3, -0.25) is 14.2 Å². The van der Waals surface area contributed by atoms with Gasteiger partial charge in [-0.1, -0.05) is 20.3 Å². The molecule has 184 valence electrons. The Morgan fingerprint density at radius 1 is 0.903 bits per heavy atom. The lowest BCUT2D eigenvalue weighted by atomic mass is 9.72. The third-order valence-electron chi connectivity index (χ3n) is 4.97. The van der Waals surface area contributed by atoms with E-state index in [0.717, 1.165) is 12.8 Å². The summed E-state index contributed by atoms with van der Waals surface area (Å²) >= 11 is 0. The molecule has 0 aliphatic heterocycles. The number of phosphoric ester groups is 1. The highest BCUT2D eigenvalue weighted by Crippen LogP contribution is 2.39. The van der Waals surface area contributed by atoms with Crippen molar-refractivity contribution in [2.45, 2.75) is 60.3 Å². The van der Waals surface area contributed by atoms with E-state index < -0.39 is 24.6 Å². The molecule has 0 aliphatic rings. The zero-order valence-electron chi connectivity index (χ0n) is 20.5. The van der Waals surface area contributed by atoms with Gasteiger partial charge in [-0.25, -0.2) is 0 Å². The zero-order valence-corrected chi connectivity index (χ0v) is 21.4. The molecular weight excluding hydrogens is 425 g/mol. The molecule has 0 rings (SSSR count). The molecule has 0 saturated heterocycles. The Morgan fingerprint density at radius 2 is 1.45 bits per heavy atom. The van der Waals surface area contributed by atoms with Crippen LogP contribution in [-0.4, -0.2) is 70.5 Å². The average Bonchev–Trinajstić information content (AvgIpc) is 2.63. The number of hydrogen-bond donors (Lipinski definition) is 0. The van der Waals surface area contributed by atoms with Gasteiger partial charge in [0.05, 0.1) is 45.2 Å². The van der Waals surface area contributed by atoms with Gasteiger partial charge in [-0.2, -0.15) is 0 Å². The van der Waals surface area contributed by atoms with Crippen LogP contribution in [0.3, 0.4) is 0 Å². The minimum atomic E-state index is -4.46. The number of rotatable bonds is 16. The van der Waals surface area contributed by atoms with E-state index in [0.29, 0.717) is 24.1 Å². The van der Waals surface area contributed by atoms with Gasteiger partial charge in [0, 0.05) is 0 Å². The Bertz CT molecular complexity index is 617. The molecule has 0 heterocycles. The fourth-order valence-electron chi connectivity index (χ4n) is 2.82. The second-order valence-electron chi connectivity index (χ2n) is 9.73. The molecule has 0 spiro atoms. The first-order valence-electron chi connectivity index (χ1n) is 10.8. The highest BCUT2D eigenvalue weighted by molar-refractivity contribution is 7.45. The summed E-state index contributed by atoms with van der Waals surface area (Å²) < 4.78 is 32.4. The number of hydrogen-bond acceptors (Lipinski definition) is 8. The summed E-state index contributed by atoms with van der Waals surface area (Å²) in [6.45, 7) is 9.33. The van der Waals surface area contributed by atoms with Crippen LogP contribution in [0.5, 0.6) is 0 Å². The molecule has 0 radical (unpaired) electrons. The Balaban J connectivity index is 4.58. The van der Waals surface area contributed by atoms with Crippen LogP contribution in [0.15, 0.2) is 0 Å². The summed E-state index contributed by atoms with van der Waals surface area (Å²) in [7, 11) is 1.28. The summed E-state index contributed by atoms with van der Waals surface area (Å²) in [6, 6.07) is 0. The van der Waals surface area contributed by atoms with E-state index in [2.05, 4.69) is 0 Å². The summed E-state index contributed by atoms with van der Waals surface area (Å²) in [5, 5.41) is 0. The molecule has 31 heavy (non-hydrogen) atoms. The molecule has 0 saturated carbocycles. The van der Waals surface area contributed by atoms with E-state index >= 15 is 0 Å². The molecule has 0 aromatic rings. The summed E-state index contributed by atoms with van der Waals surface area (Å²) in [5.74, 6) is -0.866. The number of nitrogens with zero attached hydrogens (tertiary/aromatic N) is 1. The second-order valence-corrected chi connectivity index (χ2v) is 11.1. The minimum absolute atomic E-state index is 0.00104. The van der Waals surface area contributed by atoms with Crippen LogP contribution >= 0.6 is 7.82 Å². The van der Waals surface area contributed by atoms with Crippen molar-refractivity contribution in [1.82, 2.24) is 0 Å². The lowest BCUT2D eigenvalue weighted by Gasteiger charge is -2.33. The highest BCUT2D eigenvalue weighted by Gasteiger charge is 2.42. The number of carbonyl (C=O) groups excluding carboxylic acids is 2. The van der Waals surface area contributed by atoms with Crippen molar-refractivity contribution in [3.63, 3.8) is 0 Å². The van der Waals surface area contributed by atoms with E-state index in [4.69, 9.17) is 18.5 Å². The van der Waals surface area contributed by atoms with Gasteiger partial charge in [0.15, 0.2) is 0 Å². The molecule has 2 atom stereocenters. The standard InChI is InChI=1S/C21H42NO8P/c1-9-11-13-27-19(24)21(5,10-2)17-20(3,4)18(23)28-15-16-30-31(25,26)29-14-12-22(6,7)8/h9-17H2,1-8H3. The van der Waals surface area contributed by atoms with Gasteiger partial charge < -0.3 is 27.9 Å². The van der Waals surface area contributed by atoms with Crippen molar-refractivity contribution in [1.29, 1.82) is 0 Å². The number of quaternary nitrogens is 1. The van der Waals surface area contributed by atoms with Crippen LogP contribution in [0.4, 0.5) is 0 Å². The highest BCUT2D eigenvalue weighted by atomic mass is 31.2. The molecule has 0 N–H and O–H groups in total. The molecule has 0 aromatic heterocycles. The molecule has 0 aromatic carbocycles. The van der Waals surface area contributed by atoms with Crippen LogP contribution in [0.1, 0.15) is 60.3 Å². The number of phosphoric acid groups is 1. The van der Waals surface area contributed by atoms with Crippen LogP contribution in [0.2, 0.25) is 0 Å². The Labute approximate surface area is 187 Å². The maximum absolute atomic E-state index is 12.5. The van der Waals surface area contributed by atoms with Gasteiger partial charge in [0.2, 0.25) is 0 Å². The lowest BCUT2D eigenvalue weighted by molar-refractivity contribution is -0.870. The van der Waals surface area contributed by atoms with E-state index in [1.54, 1.807) is 20.8 Å². The molecule has 0 bridgehead atoms. The third kappa shape index (κ3) is 12.6. The lowest BCUT2D eigenvalue weighted by Crippen LogP contribution is -2.39. The molecular formula is C21H42NO8P. The largest absolute Gasteiger partial charge is 0.756 e. The zero-order chi connectivity index (χ0) is 24.3. The Kier molecular flexibility index (Phi) is 12.5. The number of likely N-dealkylation sites (N-methyl/N-ethyl adjacent to an activating group) is 1. The minimum Gasteiger partial charge on any atom is -0.756 e. The molecule has 2 unspecified atom stereocenters. The van der Waals surface area contributed by atoms with E-state index in [1.807, 2.05) is 35.0 Å². The topological polar surface area (TPSA) is 111 Å². The molecule has 0 fully saturated rings. The van der Waals surface area contributed by atoms with Gasteiger partial charge in [-0.05, 0) is 40.0 Å². The Morgan fingerprint density at radius 3 is 1.97 bits per heavy atom. The van der Waals surface area contributed by atoms with Crippen molar-refractivity contribution < 1.29 is 42.1 Å². The first-order chi connectivity index (χ1) is 14.1. The van der Waals surface area contributed by atoms with E-state index in [-0.39, 0.29) is 32.2 Å². The van der Waals surface area contributed by atoms with Crippen LogP contribution in [-0.2, 0) is 32.7 Å². The first kappa shape index (κ1) is 30.0. The quantitative estimate of drug-likeness (QED) is 0.147. The van der Waals surface area contributed by atoms with Crippen molar-refractivity contribution in [3.05, 3.63) is 0 Å². The fourth-order valence-corrected chi connectivity index (χ4v) is 3.49.